The molecular weight excluding hydrogens is 314 g/mol. The molecule has 2 rings (SSSR count). The molecule has 0 saturated carbocycles. The van der Waals surface area contributed by atoms with Crippen LogP contribution in [0, 0.1) is 27.4 Å². The monoisotopic (exact) mass is 329 g/mol. The third-order valence-corrected chi connectivity index (χ3v) is 3.72. The quantitative estimate of drug-likeness (QED) is 0.510. The van der Waals surface area contributed by atoms with E-state index >= 15 is 0 Å². The van der Waals surface area contributed by atoms with Gasteiger partial charge in [-0.3, -0.25) is 14.9 Å². The number of benzene rings is 1. The van der Waals surface area contributed by atoms with Crippen LogP contribution in [0.5, 0.6) is 0 Å². The van der Waals surface area contributed by atoms with Crippen molar-refractivity contribution in [1.29, 1.82) is 5.26 Å². The Morgan fingerprint density at radius 2 is 2.21 bits per heavy atom. The lowest BCUT2D eigenvalue weighted by Crippen LogP contribution is -2.41. The number of nitrogens with zero attached hydrogens (tertiary/aromatic N) is 2. The minimum Gasteiger partial charge on any atom is -0.463 e. The van der Waals surface area contributed by atoms with Gasteiger partial charge in [-0.1, -0.05) is 12.1 Å². The summed E-state index contributed by atoms with van der Waals surface area (Å²) in [4.78, 5) is 34.8. The predicted octanol–water partition coefficient (Wildman–Crippen LogP) is 1.79. The lowest BCUT2D eigenvalue weighted by molar-refractivity contribution is -0.384. The largest absolute Gasteiger partial charge is 0.463 e. The molecule has 1 aromatic carbocycles. The van der Waals surface area contributed by atoms with E-state index < -0.39 is 28.6 Å². The van der Waals surface area contributed by atoms with Crippen LogP contribution in [0.1, 0.15) is 25.3 Å². The number of ether oxygens (including phenoxy) is 1. The molecule has 0 bridgehead atoms. The van der Waals surface area contributed by atoms with Crippen LogP contribution in [-0.2, 0) is 14.3 Å². The van der Waals surface area contributed by atoms with Gasteiger partial charge in [-0.25, -0.2) is 4.79 Å². The Morgan fingerprint density at radius 1 is 1.50 bits per heavy atom. The Balaban J connectivity index is 2.63. The molecule has 1 N–H and O–H groups in total. The zero-order chi connectivity index (χ0) is 17.9. The van der Waals surface area contributed by atoms with E-state index in [1.807, 2.05) is 6.07 Å². The predicted molar refractivity (Wildman–Crippen MR) is 82.4 cm³/mol. The summed E-state index contributed by atoms with van der Waals surface area (Å²) in [7, 11) is 0. The summed E-state index contributed by atoms with van der Waals surface area (Å²) in [5, 5.41) is 22.8. The van der Waals surface area contributed by atoms with Crippen LogP contribution in [0.3, 0.4) is 0 Å². The van der Waals surface area contributed by atoms with Gasteiger partial charge in [0.1, 0.15) is 5.92 Å². The molecule has 0 fully saturated rings. The van der Waals surface area contributed by atoms with Gasteiger partial charge >= 0.3 is 5.97 Å². The smallest absolute Gasteiger partial charge is 0.336 e. The average molecular weight is 329 g/mol. The molecule has 1 amide bonds. The second-order valence-electron chi connectivity index (χ2n) is 5.18. The first-order chi connectivity index (χ1) is 11.4. The molecule has 0 aliphatic carbocycles. The summed E-state index contributed by atoms with van der Waals surface area (Å²) in [6.07, 6.45) is 0. The summed E-state index contributed by atoms with van der Waals surface area (Å²) in [5.74, 6) is -3.33. The molecule has 1 aromatic rings. The lowest BCUT2D eigenvalue weighted by Gasteiger charge is -2.29. The van der Waals surface area contributed by atoms with E-state index in [9.17, 15) is 25.0 Å². The fraction of sp³-hybridized carbons (Fsp3) is 0.312. The van der Waals surface area contributed by atoms with Crippen LogP contribution in [0.2, 0.25) is 0 Å². The molecule has 1 aliphatic heterocycles. The summed E-state index contributed by atoms with van der Waals surface area (Å²) in [6, 6.07) is 7.44. The zero-order valence-corrected chi connectivity index (χ0v) is 13.1. The van der Waals surface area contributed by atoms with Gasteiger partial charge in [-0.15, -0.1) is 0 Å². The summed E-state index contributed by atoms with van der Waals surface area (Å²) in [5.41, 5.74) is 0.564. The standard InChI is InChI=1S/C16H15N3O5/c1-3-24-16(21)13-9(2)18-15(20)12(8-17)14(13)10-5-4-6-11(7-10)19(22)23/h4-7,12,14H,3H2,1-2H3,(H,18,20)/t12-,14+/m1/s1. The van der Waals surface area contributed by atoms with Crippen LogP contribution in [-0.4, -0.2) is 23.4 Å². The maximum atomic E-state index is 12.3. The van der Waals surface area contributed by atoms with E-state index in [4.69, 9.17) is 4.74 Å². The normalized spacial score (nSPS) is 20.1. The Bertz CT molecular complexity index is 778. The number of nitrogens with one attached hydrogen (secondary N) is 1. The Hall–Kier alpha value is -3.21. The highest BCUT2D eigenvalue weighted by molar-refractivity contribution is 5.97. The average Bonchev–Trinajstić information content (AvgIpc) is 2.54. The van der Waals surface area contributed by atoms with Crippen LogP contribution in [0.25, 0.3) is 0 Å². The highest BCUT2D eigenvalue weighted by atomic mass is 16.6. The molecule has 8 heteroatoms. The maximum absolute atomic E-state index is 12.3. The molecule has 0 spiro atoms. The Morgan fingerprint density at radius 3 is 2.79 bits per heavy atom. The molecule has 8 nitrogen and oxygen atoms in total. The minimum atomic E-state index is -1.19. The zero-order valence-electron chi connectivity index (χ0n) is 13.1. The van der Waals surface area contributed by atoms with Crippen molar-refractivity contribution < 1.29 is 19.2 Å². The van der Waals surface area contributed by atoms with Gasteiger partial charge in [-0.2, -0.15) is 5.26 Å². The number of nitro groups is 1. The molecule has 0 unspecified atom stereocenters. The van der Waals surface area contributed by atoms with Gasteiger partial charge in [0, 0.05) is 23.7 Å². The third-order valence-electron chi connectivity index (χ3n) is 3.72. The van der Waals surface area contributed by atoms with E-state index in [0.29, 0.717) is 5.56 Å². The maximum Gasteiger partial charge on any atom is 0.336 e. The Labute approximate surface area is 137 Å². The van der Waals surface area contributed by atoms with Crippen molar-refractivity contribution in [2.24, 2.45) is 5.92 Å². The summed E-state index contributed by atoms with van der Waals surface area (Å²) in [6.45, 7) is 3.30. The van der Waals surface area contributed by atoms with Crippen LogP contribution >= 0.6 is 0 Å². The Kier molecular flexibility index (Phi) is 4.94. The van der Waals surface area contributed by atoms with Crippen molar-refractivity contribution >= 4 is 17.6 Å². The van der Waals surface area contributed by atoms with Gasteiger partial charge in [0.05, 0.1) is 23.2 Å². The van der Waals surface area contributed by atoms with Gasteiger partial charge in [0.15, 0.2) is 0 Å². The fourth-order valence-corrected chi connectivity index (χ4v) is 2.69. The molecule has 124 valence electrons. The minimum absolute atomic E-state index is 0.127. The van der Waals surface area contributed by atoms with Gasteiger partial charge in [0.25, 0.3) is 5.69 Å². The van der Waals surface area contributed by atoms with E-state index in [1.54, 1.807) is 13.0 Å². The molecule has 2 atom stereocenters. The number of nitriles is 1. The SMILES string of the molecule is CCOC(=O)C1=C(C)NC(=O)[C@H](C#N)[C@@H]1c1cccc([N+](=O)[O-])c1. The first kappa shape index (κ1) is 17.1. The number of non-ortho nitro benzene ring substituents is 1. The molecule has 1 aliphatic rings. The second kappa shape index (κ2) is 6.91. The summed E-state index contributed by atoms with van der Waals surface area (Å²) >= 11 is 0. The van der Waals surface area contributed by atoms with Gasteiger partial charge < -0.3 is 10.1 Å². The van der Waals surface area contributed by atoms with Crippen LogP contribution in [0.4, 0.5) is 5.69 Å². The molecule has 0 aromatic heterocycles. The van der Waals surface area contributed by atoms with Crippen molar-refractivity contribution in [3.05, 3.63) is 51.2 Å². The van der Waals surface area contributed by atoms with Crippen LogP contribution < -0.4 is 5.32 Å². The van der Waals surface area contributed by atoms with Crippen molar-refractivity contribution in [3.8, 4) is 6.07 Å². The highest BCUT2D eigenvalue weighted by Gasteiger charge is 2.41. The molecule has 1 heterocycles. The number of allylic oxidation sites excluding steroid dienone is 1. The first-order valence-electron chi connectivity index (χ1n) is 7.23. The van der Waals surface area contributed by atoms with Crippen molar-refractivity contribution in [2.75, 3.05) is 6.61 Å². The van der Waals surface area contributed by atoms with E-state index in [1.165, 1.54) is 25.1 Å². The second-order valence-corrected chi connectivity index (χ2v) is 5.18. The van der Waals surface area contributed by atoms with E-state index in [-0.39, 0.29) is 23.6 Å². The number of rotatable bonds is 4. The molecule has 0 saturated heterocycles. The van der Waals surface area contributed by atoms with E-state index in [2.05, 4.69) is 5.32 Å². The van der Waals surface area contributed by atoms with Gasteiger partial charge in [0.2, 0.25) is 5.91 Å². The van der Waals surface area contributed by atoms with E-state index in [0.717, 1.165) is 0 Å². The number of carbonyl (C=O) groups is 2. The lowest BCUT2D eigenvalue weighted by atomic mass is 9.77. The summed E-state index contributed by atoms with van der Waals surface area (Å²) < 4.78 is 5.02. The first-order valence-corrected chi connectivity index (χ1v) is 7.23. The van der Waals surface area contributed by atoms with Crippen molar-refractivity contribution in [2.45, 2.75) is 19.8 Å². The van der Waals surface area contributed by atoms with Crippen LogP contribution in [0.15, 0.2) is 35.5 Å². The number of hydrogen-bond acceptors (Lipinski definition) is 6. The molecule has 0 radical (unpaired) electrons. The molecular formula is C16H15N3O5. The fourth-order valence-electron chi connectivity index (χ4n) is 2.69. The number of esters is 1. The number of nitro benzene ring substituents is 1. The van der Waals surface area contributed by atoms with Crippen molar-refractivity contribution in [3.63, 3.8) is 0 Å². The topological polar surface area (TPSA) is 122 Å². The van der Waals surface area contributed by atoms with Crippen molar-refractivity contribution in [1.82, 2.24) is 5.32 Å². The van der Waals surface area contributed by atoms with Gasteiger partial charge in [-0.05, 0) is 19.4 Å². The third kappa shape index (κ3) is 3.10. The number of amides is 1. The number of carbonyl (C=O) groups excluding carboxylic acids is 2. The number of hydrogen-bond donors (Lipinski definition) is 1. The molecule has 24 heavy (non-hydrogen) atoms. The highest BCUT2D eigenvalue weighted by Crippen LogP contribution is 2.38.